The summed E-state index contributed by atoms with van der Waals surface area (Å²) in [6.45, 7) is 0.980. The minimum Gasteiger partial charge on any atom is -0.325 e. The van der Waals surface area contributed by atoms with E-state index < -0.39 is 0 Å². The molecule has 1 aliphatic rings. The second-order valence-electron chi connectivity index (χ2n) is 4.96. The Morgan fingerprint density at radius 2 is 2.43 bits per heavy atom. The first-order valence-corrected chi connectivity index (χ1v) is 7.16. The molecule has 0 radical (unpaired) electrons. The van der Waals surface area contributed by atoms with Gasteiger partial charge >= 0.3 is 0 Å². The molecule has 1 unspecified atom stereocenters. The second kappa shape index (κ2) is 6.19. The number of anilines is 1. The summed E-state index contributed by atoms with van der Waals surface area (Å²) in [5.74, 6) is -0.0508. The van der Waals surface area contributed by atoms with Crippen LogP contribution in [0.25, 0.3) is 5.69 Å². The summed E-state index contributed by atoms with van der Waals surface area (Å²) >= 11 is 6.13. The van der Waals surface area contributed by atoms with Crippen LogP contribution in [0.1, 0.15) is 19.3 Å². The van der Waals surface area contributed by atoms with Crippen LogP contribution in [-0.2, 0) is 4.79 Å². The fourth-order valence-corrected chi connectivity index (χ4v) is 2.55. The molecule has 1 aromatic carbocycles. The molecule has 1 saturated heterocycles. The van der Waals surface area contributed by atoms with Gasteiger partial charge in [-0.15, -0.1) is 5.10 Å². The van der Waals surface area contributed by atoms with Gasteiger partial charge in [0.05, 0.1) is 16.4 Å². The highest BCUT2D eigenvalue weighted by atomic mass is 35.5. The molecule has 1 amide bonds. The van der Waals surface area contributed by atoms with Gasteiger partial charge < -0.3 is 10.6 Å². The highest BCUT2D eigenvalue weighted by Gasteiger charge is 2.18. The van der Waals surface area contributed by atoms with Gasteiger partial charge in [0.15, 0.2) is 0 Å². The first kappa shape index (κ1) is 14.0. The van der Waals surface area contributed by atoms with Gasteiger partial charge in [-0.25, -0.2) is 4.68 Å². The van der Waals surface area contributed by atoms with Gasteiger partial charge in [0.25, 0.3) is 0 Å². The van der Waals surface area contributed by atoms with E-state index >= 15 is 0 Å². The van der Waals surface area contributed by atoms with Crippen molar-refractivity contribution in [2.45, 2.75) is 25.3 Å². The molecule has 7 nitrogen and oxygen atoms in total. The van der Waals surface area contributed by atoms with Crippen molar-refractivity contribution in [2.75, 3.05) is 11.9 Å². The zero-order valence-electron chi connectivity index (χ0n) is 11.3. The number of tetrazole rings is 1. The fraction of sp³-hybridized carbons (Fsp3) is 0.385. The molecule has 1 aliphatic heterocycles. The SMILES string of the molecule is O=C(CC1CCCN1)Nc1cc(-n2cnnn2)ccc1Cl. The zero-order chi connectivity index (χ0) is 14.7. The number of nitrogens with zero attached hydrogens (tertiary/aromatic N) is 4. The van der Waals surface area contributed by atoms with Crippen LogP contribution in [0, 0.1) is 0 Å². The summed E-state index contributed by atoms with van der Waals surface area (Å²) in [5.41, 5.74) is 1.30. The van der Waals surface area contributed by atoms with Crippen molar-refractivity contribution in [3.05, 3.63) is 29.5 Å². The molecule has 8 heteroatoms. The quantitative estimate of drug-likeness (QED) is 0.892. The van der Waals surface area contributed by atoms with Crippen molar-refractivity contribution in [1.29, 1.82) is 0 Å². The lowest BCUT2D eigenvalue weighted by atomic mass is 10.1. The summed E-state index contributed by atoms with van der Waals surface area (Å²) in [6, 6.07) is 5.50. The largest absolute Gasteiger partial charge is 0.325 e. The highest BCUT2D eigenvalue weighted by Crippen LogP contribution is 2.25. The van der Waals surface area contributed by atoms with Gasteiger partial charge in [-0.3, -0.25) is 4.79 Å². The average Bonchev–Trinajstić information content (AvgIpc) is 3.14. The van der Waals surface area contributed by atoms with E-state index in [0.29, 0.717) is 17.1 Å². The molecule has 0 bridgehead atoms. The van der Waals surface area contributed by atoms with Crippen LogP contribution in [0.4, 0.5) is 5.69 Å². The van der Waals surface area contributed by atoms with Gasteiger partial charge in [0.2, 0.25) is 5.91 Å². The number of benzene rings is 1. The maximum absolute atomic E-state index is 12.1. The van der Waals surface area contributed by atoms with Crippen molar-refractivity contribution in [1.82, 2.24) is 25.5 Å². The van der Waals surface area contributed by atoms with E-state index in [2.05, 4.69) is 26.2 Å². The lowest BCUT2D eigenvalue weighted by molar-refractivity contribution is -0.116. The summed E-state index contributed by atoms with van der Waals surface area (Å²) in [7, 11) is 0. The normalized spacial score (nSPS) is 17.9. The Morgan fingerprint density at radius 3 is 3.14 bits per heavy atom. The zero-order valence-corrected chi connectivity index (χ0v) is 12.0. The molecule has 1 aromatic heterocycles. The maximum Gasteiger partial charge on any atom is 0.225 e. The van der Waals surface area contributed by atoms with Gasteiger partial charge in [-0.2, -0.15) is 0 Å². The van der Waals surface area contributed by atoms with Crippen LogP contribution >= 0.6 is 11.6 Å². The van der Waals surface area contributed by atoms with Gasteiger partial charge in [-0.05, 0) is 48.0 Å². The molecule has 0 spiro atoms. The summed E-state index contributed by atoms with van der Waals surface area (Å²) in [4.78, 5) is 12.1. The Morgan fingerprint density at radius 1 is 1.52 bits per heavy atom. The minimum atomic E-state index is -0.0508. The van der Waals surface area contributed by atoms with Crippen LogP contribution in [0.5, 0.6) is 0 Å². The number of halogens is 1. The van der Waals surface area contributed by atoms with E-state index in [4.69, 9.17) is 11.6 Å². The Hall–Kier alpha value is -1.99. The van der Waals surface area contributed by atoms with Gasteiger partial charge in [0, 0.05) is 12.5 Å². The Bertz CT molecular complexity index is 624. The van der Waals surface area contributed by atoms with E-state index in [1.54, 1.807) is 18.2 Å². The molecule has 1 atom stereocenters. The number of nitrogens with one attached hydrogen (secondary N) is 2. The molecule has 2 N–H and O–H groups in total. The fourth-order valence-electron chi connectivity index (χ4n) is 2.39. The Labute approximate surface area is 126 Å². The molecule has 21 heavy (non-hydrogen) atoms. The molecule has 1 fully saturated rings. The molecular formula is C13H15ClN6O. The molecule has 0 saturated carbocycles. The van der Waals surface area contributed by atoms with Crippen LogP contribution < -0.4 is 10.6 Å². The first-order chi connectivity index (χ1) is 10.2. The number of rotatable bonds is 4. The first-order valence-electron chi connectivity index (χ1n) is 6.78. The van der Waals surface area contributed by atoms with Gasteiger partial charge in [0.1, 0.15) is 6.33 Å². The van der Waals surface area contributed by atoms with E-state index in [1.807, 2.05) is 0 Å². The molecule has 2 aromatic rings. The highest BCUT2D eigenvalue weighted by molar-refractivity contribution is 6.33. The number of hydrogen-bond donors (Lipinski definition) is 2. The van der Waals surface area contributed by atoms with E-state index in [-0.39, 0.29) is 11.9 Å². The number of hydrogen-bond acceptors (Lipinski definition) is 5. The second-order valence-corrected chi connectivity index (χ2v) is 5.37. The third-order valence-corrected chi connectivity index (χ3v) is 3.76. The topological polar surface area (TPSA) is 84.7 Å². The minimum absolute atomic E-state index is 0.0508. The van der Waals surface area contributed by atoms with Crippen LogP contribution in [0.3, 0.4) is 0 Å². The summed E-state index contributed by atoms with van der Waals surface area (Å²) in [6.07, 6.45) is 4.09. The van der Waals surface area contributed by atoms with Crippen LogP contribution in [0.15, 0.2) is 24.5 Å². The lowest BCUT2D eigenvalue weighted by Crippen LogP contribution is -2.27. The maximum atomic E-state index is 12.1. The van der Waals surface area contributed by atoms with Crippen LogP contribution in [-0.4, -0.2) is 38.7 Å². The van der Waals surface area contributed by atoms with Crippen LogP contribution in [0.2, 0.25) is 5.02 Å². The number of aromatic nitrogens is 4. The number of carbonyl (C=O) groups is 1. The molecule has 110 valence electrons. The average molecular weight is 307 g/mol. The van der Waals surface area contributed by atoms with Crippen molar-refractivity contribution in [3.63, 3.8) is 0 Å². The third kappa shape index (κ3) is 3.37. The lowest BCUT2D eigenvalue weighted by Gasteiger charge is -2.12. The van der Waals surface area contributed by atoms with Crippen molar-refractivity contribution in [3.8, 4) is 5.69 Å². The smallest absolute Gasteiger partial charge is 0.225 e. The number of carbonyl (C=O) groups excluding carboxylic acids is 1. The Kier molecular flexibility index (Phi) is 4.12. The van der Waals surface area contributed by atoms with Crippen molar-refractivity contribution >= 4 is 23.2 Å². The van der Waals surface area contributed by atoms with Crippen molar-refractivity contribution in [2.24, 2.45) is 0 Å². The molecule has 2 heterocycles. The van der Waals surface area contributed by atoms with E-state index in [0.717, 1.165) is 25.1 Å². The predicted octanol–water partition coefficient (Wildman–Crippen LogP) is 1.40. The Balaban J connectivity index is 1.72. The van der Waals surface area contributed by atoms with Gasteiger partial charge in [-0.1, -0.05) is 11.6 Å². The van der Waals surface area contributed by atoms with Crippen molar-refractivity contribution < 1.29 is 4.79 Å². The third-order valence-electron chi connectivity index (χ3n) is 3.43. The standard InChI is InChI=1S/C13H15ClN6O/c14-11-4-3-10(20-8-16-18-19-20)7-12(11)17-13(21)6-9-2-1-5-15-9/h3-4,7-9,15H,1-2,5-6H2,(H,17,21). The molecular weight excluding hydrogens is 292 g/mol. The summed E-state index contributed by atoms with van der Waals surface area (Å²) < 4.78 is 1.50. The van der Waals surface area contributed by atoms with E-state index in [1.165, 1.54) is 11.0 Å². The predicted molar refractivity (Wildman–Crippen MR) is 78.4 cm³/mol. The van der Waals surface area contributed by atoms with E-state index in [9.17, 15) is 4.79 Å². The molecule has 0 aliphatic carbocycles. The summed E-state index contributed by atoms with van der Waals surface area (Å²) in [5, 5.41) is 17.6. The molecule has 3 rings (SSSR count). The number of amides is 1. The monoisotopic (exact) mass is 306 g/mol.